The van der Waals surface area contributed by atoms with E-state index in [4.69, 9.17) is 4.74 Å². The van der Waals surface area contributed by atoms with Crippen LogP contribution in [0.15, 0.2) is 30.3 Å². The van der Waals surface area contributed by atoms with Crippen LogP contribution in [0, 0.1) is 0 Å². The van der Waals surface area contributed by atoms with E-state index in [0.29, 0.717) is 12.1 Å². The van der Waals surface area contributed by atoms with E-state index < -0.39 is 0 Å². The Labute approximate surface area is 118 Å². The van der Waals surface area contributed by atoms with Gasteiger partial charge in [-0.1, -0.05) is 37.3 Å². The number of rotatable bonds is 9. The number of likely N-dealkylation sites (N-methyl/N-ethyl adjacent to an activating group) is 2. The molecule has 3 nitrogen and oxygen atoms in total. The topological polar surface area (TPSA) is 24.5 Å². The highest BCUT2D eigenvalue weighted by Gasteiger charge is 2.12. The minimum absolute atomic E-state index is 0.312. The zero-order valence-electron chi connectivity index (χ0n) is 12.7. The molecule has 3 heteroatoms. The lowest BCUT2D eigenvalue weighted by Gasteiger charge is -2.25. The molecule has 0 amide bonds. The fourth-order valence-corrected chi connectivity index (χ4v) is 2.07. The van der Waals surface area contributed by atoms with Gasteiger partial charge in [0.25, 0.3) is 0 Å². The molecule has 1 aromatic rings. The second-order valence-corrected chi connectivity index (χ2v) is 5.20. The molecule has 0 radical (unpaired) electrons. The average molecular weight is 264 g/mol. The van der Waals surface area contributed by atoms with Gasteiger partial charge in [0.05, 0.1) is 12.7 Å². The lowest BCUT2D eigenvalue weighted by Crippen LogP contribution is -2.35. The molecule has 1 aromatic carbocycles. The minimum atomic E-state index is 0.312. The Morgan fingerprint density at radius 3 is 2.47 bits per heavy atom. The van der Waals surface area contributed by atoms with Crippen LogP contribution < -0.4 is 5.32 Å². The Bertz CT molecular complexity index is 327. The zero-order valence-corrected chi connectivity index (χ0v) is 12.7. The van der Waals surface area contributed by atoms with Crippen LogP contribution in [-0.2, 0) is 4.74 Å². The van der Waals surface area contributed by atoms with Gasteiger partial charge in [0.1, 0.15) is 0 Å². The van der Waals surface area contributed by atoms with Crippen LogP contribution in [0.25, 0.3) is 0 Å². The Morgan fingerprint density at radius 1 is 1.21 bits per heavy atom. The Hall–Kier alpha value is -0.900. The third-order valence-corrected chi connectivity index (χ3v) is 3.07. The Morgan fingerprint density at radius 2 is 1.89 bits per heavy atom. The highest BCUT2D eigenvalue weighted by molar-refractivity contribution is 5.19. The van der Waals surface area contributed by atoms with Crippen LogP contribution in [0.1, 0.15) is 32.4 Å². The Kier molecular flexibility index (Phi) is 7.72. The van der Waals surface area contributed by atoms with Gasteiger partial charge in [-0.15, -0.1) is 0 Å². The number of nitrogens with zero attached hydrogens (tertiary/aromatic N) is 1. The van der Waals surface area contributed by atoms with E-state index in [9.17, 15) is 0 Å². The summed E-state index contributed by atoms with van der Waals surface area (Å²) in [5.41, 5.74) is 1.35. The first-order valence-corrected chi connectivity index (χ1v) is 7.22. The van der Waals surface area contributed by atoms with Crippen molar-refractivity contribution in [2.75, 3.05) is 33.3 Å². The van der Waals surface area contributed by atoms with Crippen molar-refractivity contribution in [3.63, 3.8) is 0 Å². The second-order valence-electron chi connectivity index (χ2n) is 5.20. The van der Waals surface area contributed by atoms with Crippen molar-refractivity contribution < 1.29 is 4.74 Å². The maximum absolute atomic E-state index is 5.60. The van der Waals surface area contributed by atoms with Crippen molar-refractivity contribution in [3.05, 3.63) is 35.9 Å². The van der Waals surface area contributed by atoms with Gasteiger partial charge in [-0.05, 0) is 33.0 Å². The molecule has 0 aliphatic carbocycles. The number of nitrogens with one attached hydrogen (secondary N) is 1. The standard InChI is InChI=1S/C16H28N2O/c1-5-17-16(15-9-7-6-8-10-15)13-18(4)11-12-19-14(2)3/h6-10,14,16-17H,5,11-13H2,1-4H3. The molecule has 0 heterocycles. The molecule has 0 aliphatic rings. The molecular formula is C16H28N2O. The fourth-order valence-electron chi connectivity index (χ4n) is 2.07. The van der Waals surface area contributed by atoms with Crippen molar-refractivity contribution >= 4 is 0 Å². The molecule has 0 fully saturated rings. The van der Waals surface area contributed by atoms with E-state index in [1.54, 1.807) is 0 Å². The molecule has 0 saturated heterocycles. The Balaban J connectivity index is 2.45. The van der Waals surface area contributed by atoms with E-state index in [-0.39, 0.29) is 0 Å². The summed E-state index contributed by atoms with van der Waals surface area (Å²) >= 11 is 0. The van der Waals surface area contributed by atoms with Crippen molar-refractivity contribution in [3.8, 4) is 0 Å². The summed E-state index contributed by atoms with van der Waals surface area (Å²) in [4.78, 5) is 2.32. The summed E-state index contributed by atoms with van der Waals surface area (Å²) in [6.07, 6.45) is 0.312. The number of ether oxygens (including phenoxy) is 1. The zero-order chi connectivity index (χ0) is 14.1. The van der Waals surface area contributed by atoms with Gasteiger partial charge in [-0.2, -0.15) is 0 Å². The van der Waals surface area contributed by atoms with Gasteiger partial charge in [-0.3, -0.25) is 0 Å². The maximum Gasteiger partial charge on any atom is 0.0596 e. The van der Waals surface area contributed by atoms with Crippen molar-refractivity contribution in [2.45, 2.75) is 32.9 Å². The summed E-state index contributed by atoms with van der Waals surface area (Å²) in [5.74, 6) is 0. The summed E-state index contributed by atoms with van der Waals surface area (Å²) in [6, 6.07) is 11.0. The van der Waals surface area contributed by atoms with E-state index in [1.807, 2.05) is 0 Å². The van der Waals surface area contributed by atoms with Gasteiger partial charge in [0.2, 0.25) is 0 Å². The van der Waals surface area contributed by atoms with Crippen LogP contribution in [0.3, 0.4) is 0 Å². The van der Waals surface area contributed by atoms with Gasteiger partial charge >= 0.3 is 0 Å². The normalized spacial score (nSPS) is 13.2. The highest BCUT2D eigenvalue weighted by atomic mass is 16.5. The predicted octanol–water partition coefficient (Wildman–Crippen LogP) is 2.69. The summed E-state index contributed by atoms with van der Waals surface area (Å²) in [5, 5.41) is 3.55. The summed E-state index contributed by atoms with van der Waals surface area (Å²) in [7, 11) is 2.15. The first-order chi connectivity index (χ1) is 9.13. The van der Waals surface area contributed by atoms with Crippen LogP contribution >= 0.6 is 0 Å². The second kappa shape index (κ2) is 9.08. The van der Waals surface area contributed by atoms with Crippen LogP contribution in [0.5, 0.6) is 0 Å². The lowest BCUT2D eigenvalue weighted by molar-refractivity contribution is 0.0623. The molecule has 0 aliphatic heterocycles. The smallest absolute Gasteiger partial charge is 0.0596 e. The maximum atomic E-state index is 5.60. The van der Waals surface area contributed by atoms with Crippen molar-refractivity contribution in [1.82, 2.24) is 10.2 Å². The fraction of sp³-hybridized carbons (Fsp3) is 0.625. The van der Waals surface area contributed by atoms with E-state index in [0.717, 1.165) is 26.2 Å². The monoisotopic (exact) mass is 264 g/mol. The highest BCUT2D eigenvalue weighted by Crippen LogP contribution is 2.13. The SMILES string of the molecule is CCNC(CN(C)CCOC(C)C)c1ccccc1. The van der Waals surface area contributed by atoms with Gasteiger partial charge in [0, 0.05) is 19.1 Å². The third kappa shape index (κ3) is 6.71. The number of hydrogen-bond donors (Lipinski definition) is 1. The van der Waals surface area contributed by atoms with Gasteiger partial charge in [-0.25, -0.2) is 0 Å². The summed E-state index contributed by atoms with van der Waals surface area (Å²) in [6.45, 7) is 10.0. The van der Waals surface area contributed by atoms with Crippen LogP contribution in [0.2, 0.25) is 0 Å². The molecular weight excluding hydrogens is 236 g/mol. The molecule has 0 saturated carbocycles. The van der Waals surface area contributed by atoms with Crippen LogP contribution in [-0.4, -0.2) is 44.3 Å². The molecule has 0 spiro atoms. The minimum Gasteiger partial charge on any atom is -0.377 e. The first kappa shape index (κ1) is 16.2. The van der Waals surface area contributed by atoms with Crippen molar-refractivity contribution in [1.29, 1.82) is 0 Å². The molecule has 108 valence electrons. The molecule has 19 heavy (non-hydrogen) atoms. The van der Waals surface area contributed by atoms with Gasteiger partial charge in [0.15, 0.2) is 0 Å². The largest absolute Gasteiger partial charge is 0.377 e. The quantitative estimate of drug-likeness (QED) is 0.742. The predicted molar refractivity (Wildman–Crippen MR) is 81.4 cm³/mol. The average Bonchev–Trinajstić information content (AvgIpc) is 2.39. The van der Waals surface area contributed by atoms with Crippen LogP contribution in [0.4, 0.5) is 0 Å². The molecule has 0 bridgehead atoms. The van der Waals surface area contributed by atoms with Gasteiger partial charge < -0.3 is 15.0 Å². The number of benzene rings is 1. The van der Waals surface area contributed by atoms with Crippen molar-refractivity contribution in [2.24, 2.45) is 0 Å². The summed E-state index contributed by atoms with van der Waals surface area (Å²) < 4.78 is 5.60. The van der Waals surface area contributed by atoms with E-state index >= 15 is 0 Å². The lowest BCUT2D eigenvalue weighted by atomic mass is 10.1. The molecule has 0 aromatic heterocycles. The first-order valence-electron chi connectivity index (χ1n) is 7.22. The van der Waals surface area contributed by atoms with E-state index in [1.165, 1.54) is 5.56 Å². The molecule has 1 N–H and O–H groups in total. The van der Waals surface area contributed by atoms with E-state index in [2.05, 4.69) is 68.4 Å². The molecule has 1 atom stereocenters. The number of hydrogen-bond acceptors (Lipinski definition) is 3. The molecule has 1 unspecified atom stereocenters. The third-order valence-electron chi connectivity index (χ3n) is 3.07. The molecule has 1 rings (SSSR count).